The van der Waals surface area contributed by atoms with E-state index >= 15 is 0 Å². The van der Waals surface area contributed by atoms with Crippen molar-refractivity contribution in [2.24, 2.45) is 0 Å². The summed E-state index contributed by atoms with van der Waals surface area (Å²) in [6.07, 6.45) is 0. The highest BCUT2D eigenvalue weighted by Gasteiger charge is 2.24. The molecule has 2 rings (SSSR count). The largest absolute Gasteiger partial charge is 0.453 e. The first kappa shape index (κ1) is 14.2. The zero-order valence-corrected chi connectivity index (χ0v) is 12.9. The van der Waals surface area contributed by atoms with Crippen LogP contribution in [0.3, 0.4) is 0 Å². The Kier molecular flexibility index (Phi) is 3.79. The molecule has 19 heavy (non-hydrogen) atoms. The number of nitrogens with one attached hydrogen (secondary N) is 1. The smallest absolute Gasteiger partial charge is 0.171 e. The Bertz CT molecular complexity index is 580. The predicted octanol–water partition coefficient (Wildman–Crippen LogP) is 5.11. The van der Waals surface area contributed by atoms with Gasteiger partial charge < -0.3 is 4.74 Å². The fraction of sp³-hybridized carbons (Fsp3) is 0.357. The van der Waals surface area contributed by atoms with Crippen molar-refractivity contribution in [3.63, 3.8) is 0 Å². The fourth-order valence-electron chi connectivity index (χ4n) is 1.76. The van der Waals surface area contributed by atoms with Crippen LogP contribution in [0.2, 0.25) is 10.0 Å². The van der Waals surface area contributed by atoms with Crippen molar-refractivity contribution in [3.05, 3.63) is 39.6 Å². The maximum atomic E-state index is 5.97. The van der Waals surface area contributed by atoms with Gasteiger partial charge in [0.25, 0.3) is 0 Å². The third-order valence-corrected chi connectivity index (χ3v) is 3.09. The Morgan fingerprint density at radius 2 is 1.68 bits per heavy atom. The van der Waals surface area contributed by atoms with Gasteiger partial charge in [0.05, 0.1) is 5.69 Å². The number of benzene rings is 1. The molecule has 2 aromatic rings. The summed E-state index contributed by atoms with van der Waals surface area (Å²) in [6.45, 7) is 8.17. The number of aromatic nitrogens is 2. The normalized spacial score (nSPS) is 11.7. The Morgan fingerprint density at radius 3 is 2.21 bits per heavy atom. The molecule has 5 heteroatoms. The minimum atomic E-state index is -0.109. The molecule has 0 saturated heterocycles. The Balaban J connectivity index is 2.41. The molecule has 1 aromatic carbocycles. The lowest BCUT2D eigenvalue weighted by Gasteiger charge is -2.17. The molecule has 102 valence electrons. The molecule has 1 aromatic heterocycles. The summed E-state index contributed by atoms with van der Waals surface area (Å²) in [7, 11) is 0. The van der Waals surface area contributed by atoms with Crippen LogP contribution in [0.4, 0.5) is 0 Å². The molecule has 0 unspecified atom stereocenters. The number of aromatic amines is 1. The molecule has 0 aliphatic rings. The second-order valence-corrected chi connectivity index (χ2v) is 6.36. The maximum Gasteiger partial charge on any atom is 0.171 e. The van der Waals surface area contributed by atoms with Crippen LogP contribution < -0.4 is 4.74 Å². The second-order valence-electron chi connectivity index (χ2n) is 5.48. The number of ether oxygens (including phenoxy) is 1. The van der Waals surface area contributed by atoms with Crippen LogP contribution in [0.5, 0.6) is 11.5 Å². The van der Waals surface area contributed by atoms with Gasteiger partial charge in [-0.25, -0.2) is 0 Å². The first-order valence-corrected chi connectivity index (χ1v) is 6.72. The number of hydrogen-bond donors (Lipinski definition) is 1. The SMILES string of the molecule is Cc1[nH]nc(C(C)(C)C)c1Oc1cc(Cl)cc(Cl)c1. The number of halogens is 2. The van der Waals surface area contributed by atoms with Crippen LogP contribution in [0.15, 0.2) is 18.2 Å². The minimum absolute atomic E-state index is 0.109. The molecule has 1 heterocycles. The summed E-state index contributed by atoms with van der Waals surface area (Å²) >= 11 is 11.9. The molecular weight excluding hydrogens is 283 g/mol. The van der Waals surface area contributed by atoms with E-state index in [2.05, 4.69) is 31.0 Å². The lowest BCUT2D eigenvalue weighted by molar-refractivity contribution is 0.450. The molecule has 0 bridgehead atoms. The summed E-state index contributed by atoms with van der Waals surface area (Å²) in [4.78, 5) is 0. The average Bonchev–Trinajstić information content (AvgIpc) is 2.58. The Labute approximate surface area is 122 Å². The standard InChI is InChI=1S/C14H16Cl2N2O/c1-8-12(13(18-17-8)14(2,3)4)19-11-6-9(15)5-10(16)7-11/h5-7H,1-4H3,(H,17,18). The van der Waals surface area contributed by atoms with Gasteiger partial charge in [-0.2, -0.15) is 5.10 Å². The second kappa shape index (κ2) is 5.06. The van der Waals surface area contributed by atoms with Gasteiger partial charge in [-0.15, -0.1) is 0 Å². The summed E-state index contributed by atoms with van der Waals surface area (Å²) in [5.41, 5.74) is 1.64. The summed E-state index contributed by atoms with van der Waals surface area (Å²) in [5.74, 6) is 1.33. The van der Waals surface area contributed by atoms with Gasteiger partial charge in [0.15, 0.2) is 5.75 Å². The first-order valence-electron chi connectivity index (χ1n) is 5.97. The number of rotatable bonds is 2. The van der Waals surface area contributed by atoms with Crippen LogP contribution in [0.1, 0.15) is 32.2 Å². The zero-order chi connectivity index (χ0) is 14.2. The van der Waals surface area contributed by atoms with E-state index in [1.54, 1.807) is 18.2 Å². The lowest BCUT2D eigenvalue weighted by atomic mass is 9.91. The predicted molar refractivity (Wildman–Crippen MR) is 78.6 cm³/mol. The lowest BCUT2D eigenvalue weighted by Crippen LogP contribution is -2.13. The minimum Gasteiger partial charge on any atom is -0.453 e. The first-order chi connectivity index (χ1) is 8.77. The van der Waals surface area contributed by atoms with E-state index in [0.29, 0.717) is 15.8 Å². The average molecular weight is 299 g/mol. The van der Waals surface area contributed by atoms with Gasteiger partial charge in [-0.05, 0) is 25.1 Å². The molecule has 0 spiro atoms. The summed E-state index contributed by atoms with van der Waals surface area (Å²) < 4.78 is 5.91. The van der Waals surface area contributed by atoms with E-state index in [9.17, 15) is 0 Å². The monoisotopic (exact) mass is 298 g/mol. The Morgan fingerprint density at radius 1 is 1.11 bits per heavy atom. The van der Waals surface area contributed by atoms with Gasteiger partial charge in [0.1, 0.15) is 11.4 Å². The molecule has 1 N–H and O–H groups in total. The van der Waals surface area contributed by atoms with Crippen molar-refractivity contribution in [1.29, 1.82) is 0 Å². The van der Waals surface area contributed by atoms with Gasteiger partial charge in [0, 0.05) is 15.5 Å². The molecule has 0 saturated carbocycles. The number of H-pyrrole nitrogens is 1. The van der Waals surface area contributed by atoms with Crippen LogP contribution in [-0.2, 0) is 5.41 Å². The number of aryl methyl sites for hydroxylation is 1. The van der Waals surface area contributed by atoms with Gasteiger partial charge >= 0.3 is 0 Å². The molecule has 0 atom stereocenters. The van der Waals surface area contributed by atoms with Gasteiger partial charge in [0.2, 0.25) is 0 Å². The third-order valence-electron chi connectivity index (χ3n) is 2.66. The van der Waals surface area contributed by atoms with Crippen LogP contribution in [0.25, 0.3) is 0 Å². The third kappa shape index (κ3) is 3.23. The van der Waals surface area contributed by atoms with E-state index < -0.39 is 0 Å². The maximum absolute atomic E-state index is 5.97. The van der Waals surface area contributed by atoms with Crippen molar-refractivity contribution in [2.45, 2.75) is 33.1 Å². The summed E-state index contributed by atoms with van der Waals surface area (Å²) in [6, 6.07) is 5.13. The van der Waals surface area contributed by atoms with Crippen molar-refractivity contribution in [2.75, 3.05) is 0 Å². The van der Waals surface area contributed by atoms with E-state index in [4.69, 9.17) is 27.9 Å². The molecule has 0 aliphatic heterocycles. The topological polar surface area (TPSA) is 37.9 Å². The zero-order valence-electron chi connectivity index (χ0n) is 11.3. The highest BCUT2D eigenvalue weighted by Crippen LogP contribution is 2.36. The number of hydrogen-bond acceptors (Lipinski definition) is 2. The van der Waals surface area contributed by atoms with E-state index in [1.165, 1.54) is 0 Å². The highest BCUT2D eigenvalue weighted by atomic mass is 35.5. The molecular formula is C14H16Cl2N2O. The quantitative estimate of drug-likeness (QED) is 0.836. The van der Waals surface area contributed by atoms with E-state index in [1.807, 2.05) is 6.92 Å². The molecule has 0 radical (unpaired) electrons. The van der Waals surface area contributed by atoms with Crippen molar-refractivity contribution >= 4 is 23.2 Å². The van der Waals surface area contributed by atoms with Crippen LogP contribution in [0, 0.1) is 6.92 Å². The van der Waals surface area contributed by atoms with Crippen molar-refractivity contribution in [1.82, 2.24) is 10.2 Å². The number of nitrogens with zero attached hydrogens (tertiary/aromatic N) is 1. The van der Waals surface area contributed by atoms with Gasteiger partial charge in [-0.1, -0.05) is 44.0 Å². The summed E-state index contributed by atoms with van der Waals surface area (Å²) in [5, 5.41) is 8.35. The van der Waals surface area contributed by atoms with Crippen molar-refractivity contribution < 1.29 is 4.74 Å². The van der Waals surface area contributed by atoms with E-state index in [-0.39, 0.29) is 5.41 Å². The molecule has 0 fully saturated rings. The molecule has 0 aliphatic carbocycles. The van der Waals surface area contributed by atoms with Crippen molar-refractivity contribution in [3.8, 4) is 11.5 Å². The fourth-order valence-corrected chi connectivity index (χ4v) is 2.26. The highest BCUT2D eigenvalue weighted by molar-refractivity contribution is 6.34. The van der Waals surface area contributed by atoms with Crippen LogP contribution >= 0.6 is 23.2 Å². The van der Waals surface area contributed by atoms with Crippen LogP contribution in [-0.4, -0.2) is 10.2 Å². The molecule has 3 nitrogen and oxygen atoms in total. The molecule has 0 amide bonds. The Hall–Kier alpha value is -1.19. The van der Waals surface area contributed by atoms with E-state index in [0.717, 1.165) is 17.1 Å². The van der Waals surface area contributed by atoms with Gasteiger partial charge in [-0.3, -0.25) is 5.10 Å².